The molecule has 156 valence electrons. The fourth-order valence-electron chi connectivity index (χ4n) is 3.06. The van der Waals surface area contributed by atoms with Crippen LogP contribution in [-0.4, -0.2) is 18.2 Å². The van der Waals surface area contributed by atoms with Gasteiger partial charge in [-0.15, -0.1) is 0 Å². The van der Waals surface area contributed by atoms with E-state index in [-0.39, 0.29) is 17.2 Å². The van der Waals surface area contributed by atoms with Crippen LogP contribution in [0.4, 0.5) is 10.1 Å². The van der Waals surface area contributed by atoms with Gasteiger partial charge >= 0.3 is 5.97 Å². The minimum absolute atomic E-state index is 0.139. The van der Waals surface area contributed by atoms with Gasteiger partial charge in [0.2, 0.25) is 0 Å². The molecule has 2 N–H and O–H groups in total. The normalized spacial score (nSPS) is 10.5. The van der Waals surface area contributed by atoms with Crippen molar-refractivity contribution in [1.82, 2.24) is 0 Å². The number of carbonyl (C=O) groups is 1. The molecular formula is C23H21ClFNO4. The number of aromatic carboxylic acids is 1. The van der Waals surface area contributed by atoms with E-state index in [4.69, 9.17) is 21.1 Å². The lowest BCUT2D eigenvalue weighted by Crippen LogP contribution is -2.08. The summed E-state index contributed by atoms with van der Waals surface area (Å²) in [4.78, 5) is 11.4. The van der Waals surface area contributed by atoms with E-state index in [1.807, 2.05) is 18.2 Å². The molecule has 5 nitrogen and oxygen atoms in total. The molecule has 30 heavy (non-hydrogen) atoms. The first kappa shape index (κ1) is 21.5. The molecule has 0 bridgehead atoms. The van der Waals surface area contributed by atoms with Crippen LogP contribution >= 0.6 is 11.6 Å². The second-order valence-electron chi connectivity index (χ2n) is 6.61. The van der Waals surface area contributed by atoms with Crippen molar-refractivity contribution in [2.24, 2.45) is 0 Å². The Hall–Kier alpha value is -3.25. The number of rotatable bonds is 8. The maximum atomic E-state index is 13.3. The van der Waals surface area contributed by atoms with E-state index in [1.165, 1.54) is 12.1 Å². The van der Waals surface area contributed by atoms with Gasteiger partial charge in [0.1, 0.15) is 12.4 Å². The summed E-state index contributed by atoms with van der Waals surface area (Å²) in [5.74, 6) is -0.314. The number of ether oxygens (including phenoxy) is 2. The summed E-state index contributed by atoms with van der Waals surface area (Å²) >= 11 is 6.10. The molecule has 7 heteroatoms. The number of para-hydroxylation sites is 1. The first-order valence-electron chi connectivity index (χ1n) is 9.20. The maximum absolute atomic E-state index is 13.3. The van der Waals surface area contributed by atoms with Crippen LogP contribution in [0.15, 0.2) is 54.6 Å². The van der Waals surface area contributed by atoms with Gasteiger partial charge in [0, 0.05) is 23.4 Å². The molecule has 0 unspecified atom stereocenters. The number of benzene rings is 3. The summed E-state index contributed by atoms with van der Waals surface area (Å²) in [5.41, 5.74) is 3.06. The van der Waals surface area contributed by atoms with Gasteiger partial charge in [0.15, 0.2) is 11.5 Å². The van der Waals surface area contributed by atoms with Crippen LogP contribution in [0.2, 0.25) is 5.02 Å². The monoisotopic (exact) mass is 429 g/mol. The third kappa shape index (κ3) is 4.83. The molecule has 0 atom stereocenters. The molecular weight excluding hydrogens is 409 g/mol. The first-order valence-corrected chi connectivity index (χ1v) is 9.58. The van der Waals surface area contributed by atoms with Crippen LogP contribution in [0.1, 0.15) is 27.0 Å². The van der Waals surface area contributed by atoms with Crippen molar-refractivity contribution in [1.29, 1.82) is 0 Å². The zero-order chi connectivity index (χ0) is 21.7. The molecule has 0 heterocycles. The van der Waals surface area contributed by atoms with Crippen molar-refractivity contribution in [3.63, 3.8) is 0 Å². The van der Waals surface area contributed by atoms with Gasteiger partial charge in [-0.05, 0) is 42.8 Å². The van der Waals surface area contributed by atoms with Gasteiger partial charge in [-0.3, -0.25) is 0 Å². The molecule has 3 rings (SSSR count). The van der Waals surface area contributed by atoms with Gasteiger partial charge in [-0.1, -0.05) is 35.9 Å². The van der Waals surface area contributed by atoms with Crippen LogP contribution in [0.25, 0.3) is 0 Å². The lowest BCUT2D eigenvalue weighted by molar-refractivity contribution is 0.0696. The largest absolute Gasteiger partial charge is 0.493 e. The Morgan fingerprint density at radius 3 is 2.60 bits per heavy atom. The fraction of sp³-hybridized carbons (Fsp3) is 0.174. The Balaban J connectivity index is 1.82. The standard InChI is InChI=1S/C23H21ClFNO4/c1-14-18(23(27)28)6-4-7-20(14)26-12-15-5-3-8-21(29-2)22(15)30-13-16-9-10-17(25)11-19(16)24/h3-11,26H,12-13H2,1-2H3,(H,27,28). The van der Waals surface area contributed by atoms with Crippen molar-refractivity contribution < 1.29 is 23.8 Å². The van der Waals surface area contributed by atoms with Gasteiger partial charge < -0.3 is 19.9 Å². The van der Waals surface area contributed by atoms with Crippen molar-refractivity contribution in [3.8, 4) is 11.5 Å². The van der Waals surface area contributed by atoms with Crippen LogP contribution in [0.5, 0.6) is 11.5 Å². The summed E-state index contributed by atoms with van der Waals surface area (Å²) in [7, 11) is 1.55. The van der Waals surface area contributed by atoms with Gasteiger partial charge in [0.25, 0.3) is 0 Å². The number of hydrogen-bond acceptors (Lipinski definition) is 4. The van der Waals surface area contributed by atoms with Crippen molar-refractivity contribution in [2.75, 3.05) is 12.4 Å². The number of nitrogens with one attached hydrogen (secondary N) is 1. The zero-order valence-electron chi connectivity index (χ0n) is 16.5. The highest BCUT2D eigenvalue weighted by molar-refractivity contribution is 6.31. The lowest BCUT2D eigenvalue weighted by atomic mass is 10.1. The van der Waals surface area contributed by atoms with Crippen LogP contribution in [0, 0.1) is 12.7 Å². The van der Waals surface area contributed by atoms with E-state index in [9.17, 15) is 14.3 Å². The molecule has 0 fully saturated rings. The van der Waals surface area contributed by atoms with E-state index in [2.05, 4.69) is 5.32 Å². The number of methoxy groups -OCH3 is 1. The third-order valence-electron chi connectivity index (χ3n) is 4.70. The van der Waals surface area contributed by atoms with Crippen molar-refractivity contribution >= 4 is 23.3 Å². The molecule has 0 aliphatic carbocycles. The SMILES string of the molecule is COc1cccc(CNc2cccc(C(=O)O)c2C)c1OCc1ccc(F)cc1Cl. The summed E-state index contributed by atoms with van der Waals surface area (Å²) in [6.45, 7) is 2.28. The summed E-state index contributed by atoms with van der Waals surface area (Å²) in [6, 6.07) is 14.7. The van der Waals surface area contributed by atoms with E-state index in [1.54, 1.807) is 38.3 Å². The predicted molar refractivity (Wildman–Crippen MR) is 114 cm³/mol. The topological polar surface area (TPSA) is 67.8 Å². The van der Waals surface area contributed by atoms with E-state index >= 15 is 0 Å². The predicted octanol–water partition coefficient (Wildman–Crippen LogP) is 5.69. The Bertz CT molecular complexity index is 1070. The lowest BCUT2D eigenvalue weighted by Gasteiger charge is -2.17. The Labute approximate surface area is 179 Å². The molecule has 0 aliphatic rings. The Morgan fingerprint density at radius 2 is 1.90 bits per heavy atom. The van der Waals surface area contributed by atoms with Gasteiger partial charge in [-0.2, -0.15) is 0 Å². The number of halogens is 2. The Morgan fingerprint density at radius 1 is 1.13 bits per heavy atom. The molecule has 0 saturated heterocycles. The fourth-order valence-corrected chi connectivity index (χ4v) is 3.28. The quantitative estimate of drug-likeness (QED) is 0.481. The number of carboxylic acid groups (broad SMARTS) is 1. The van der Waals surface area contributed by atoms with Crippen LogP contribution in [0.3, 0.4) is 0 Å². The summed E-state index contributed by atoms with van der Waals surface area (Å²) < 4.78 is 24.7. The minimum atomic E-state index is -0.974. The first-order chi connectivity index (χ1) is 14.4. The molecule has 3 aromatic rings. The molecule has 0 aromatic heterocycles. The Kier molecular flexibility index (Phi) is 6.79. The number of anilines is 1. The molecule has 3 aromatic carbocycles. The zero-order valence-corrected chi connectivity index (χ0v) is 17.3. The molecule has 0 spiro atoms. The highest BCUT2D eigenvalue weighted by atomic mass is 35.5. The van der Waals surface area contributed by atoms with E-state index in [0.717, 1.165) is 5.56 Å². The maximum Gasteiger partial charge on any atom is 0.336 e. The summed E-state index contributed by atoms with van der Waals surface area (Å²) in [6.07, 6.45) is 0. The van der Waals surface area contributed by atoms with E-state index in [0.29, 0.717) is 34.9 Å². The van der Waals surface area contributed by atoms with Crippen molar-refractivity contribution in [2.45, 2.75) is 20.1 Å². The van der Waals surface area contributed by atoms with Gasteiger partial charge in [0.05, 0.1) is 17.7 Å². The number of hydrogen-bond donors (Lipinski definition) is 2. The molecule has 0 amide bonds. The highest BCUT2D eigenvalue weighted by Crippen LogP contribution is 2.33. The van der Waals surface area contributed by atoms with Crippen LogP contribution < -0.4 is 14.8 Å². The summed E-state index contributed by atoms with van der Waals surface area (Å²) in [5, 5.41) is 12.8. The second kappa shape index (κ2) is 9.50. The van der Waals surface area contributed by atoms with Gasteiger partial charge in [-0.25, -0.2) is 9.18 Å². The number of carboxylic acids is 1. The molecule has 0 saturated carbocycles. The third-order valence-corrected chi connectivity index (χ3v) is 5.05. The molecule has 0 radical (unpaired) electrons. The minimum Gasteiger partial charge on any atom is -0.493 e. The average molecular weight is 430 g/mol. The van der Waals surface area contributed by atoms with E-state index < -0.39 is 11.8 Å². The van der Waals surface area contributed by atoms with Crippen molar-refractivity contribution in [3.05, 3.63) is 87.7 Å². The average Bonchev–Trinajstić information content (AvgIpc) is 2.72. The van der Waals surface area contributed by atoms with Crippen LogP contribution in [-0.2, 0) is 13.2 Å². The second-order valence-corrected chi connectivity index (χ2v) is 7.02. The smallest absolute Gasteiger partial charge is 0.336 e. The highest BCUT2D eigenvalue weighted by Gasteiger charge is 2.14. The molecule has 0 aliphatic heterocycles.